The molecule has 0 bridgehead atoms. The Bertz CT molecular complexity index is 1020. The van der Waals surface area contributed by atoms with Crippen molar-refractivity contribution >= 4 is 33.3 Å². The number of halogens is 1. The molecule has 3 nitrogen and oxygen atoms in total. The molecule has 1 aliphatic rings. The molecule has 5 heteroatoms. The third-order valence-electron chi connectivity index (χ3n) is 4.35. The van der Waals surface area contributed by atoms with Gasteiger partial charge in [0.25, 0.3) is 0 Å². The Balaban J connectivity index is 1.58. The van der Waals surface area contributed by atoms with Gasteiger partial charge < -0.3 is 14.8 Å². The minimum Gasteiger partial charge on any atom is -0.454 e. The first-order valence-electron chi connectivity index (χ1n) is 9.01. The van der Waals surface area contributed by atoms with Crippen molar-refractivity contribution in [1.29, 1.82) is 0 Å². The molecule has 0 aromatic heterocycles. The normalized spacial score (nSPS) is 15.8. The number of ether oxygens (including phenoxy) is 1. The number of hydrogen-bond donors (Lipinski definition) is 1. The van der Waals surface area contributed by atoms with E-state index < -0.39 is 0 Å². The van der Waals surface area contributed by atoms with Gasteiger partial charge in [0.05, 0.1) is 17.8 Å². The number of anilines is 1. The summed E-state index contributed by atoms with van der Waals surface area (Å²) in [7, 11) is -0.108. The second-order valence-corrected chi connectivity index (χ2v) is 8.74. The first-order valence-corrected chi connectivity index (χ1v) is 10.8. The van der Waals surface area contributed by atoms with Crippen LogP contribution in [0.5, 0.6) is 5.75 Å². The second-order valence-electron chi connectivity index (χ2n) is 6.53. The maximum Gasteiger partial charge on any atom is 0.151 e. The molecule has 1 heterocycles. The summed E-state index contributed by atoms with van der Waals surface area (Å²) in [5, 5.41) is 2.70. The fraction of sp³-hybridized carbons (Fsp3) is 0.0870. The van der Waals surface area contributed by atoms with Gasteiger partial charge in [-0.1, -0.05) is 82.9 Å². The smallest absolute Gasteiger partial charge is 0.151 e. The minimum atomic E-state index is -0.108. The van der Waals surface area contributed by atoms with Crippen LogP contribution in [0.15, 0.2) is 90.8 Å². The Hall–Kier alpha value is -2.69. The van der Waals surface area contributed by atoms with E-state index in [0.717, 1.165) is 18.1 Å². The monoisotopic (exact) mass is 408 g/mol. The van der Waals surface area contributed by atoms with Crippen LogP contribution < -0.4 is 10.5 Å². The highest BCUT2D eigenvalue weighted by Gasteiger charge is 2.18. The largest absolute Gasteiger partial charge is 0.454 e. The Labute approximate surface area is 173 Å². The predicted octanol–water partition coefficient (Wildman–Crippen LogP) is 5.84. The standard InChI is InChI=1S/C23H21ClN2OS/c24-22-13-20(25)11-12-23(22)27-21-15-26(14-18-7-3-1-4-8-18)28(17-21)16-19-9-5-2-6-10-19/h1-13,15,17H,14,16,25H2. The highest BCUT2D eigenvalue weighted by Crippen LogP contribution is 2.35. The number of hydrogen-bond acceptors (Lipinski definition) is 3. The van der Waals surface area contributed by atoms with Crippen LogP contribution in [-0.4, -0.2) is 9.67 Å². The summed E-state index contributed by atoms with van der Waals surface area (Å²) in [5.74, 6) is 2.36. The molecule has 0 aliphatic carbocycles. The molecule has 0 radical (unpaired) electrons. The van der Waals surface area contributed by atoms with Crippen molar-refractivity contribution in [2.45, 2.75) is 12.3 Å². The molecule has 28 heavy (non-hydrogen) atoms. The fourth-order valence-corrected chi connectivity index (χ4v) is 5.06. The SMILES string of the molecule is Nc1ccc(OC2=CN(Cc3ccccc3)S(Cc3ccccc3)=C2)c(Cl)c1. The number of nitrogens with two attached hydrogens (primary N) is 1. The molecule has 3 aromatic rings. The Morgan fingerprint density at radius 3 is 2.25 bits per heavy atom. The van der Waals surface area contributed by atoms with Crippen LogP contribution in [0.2, 0.25) is 5.02 Å². The van der Waals surface area contributed by atoms with Crippen molar-refractivity contribution in [2.24, 2.45) is 0 Å². The molecule has 2 N–H and O–H groups in total. The van der Waals surface area contributed by atoms with Crippen LogP contribution in [0.3, 0.4) is 0 Å². The first kappa shape index (κ1) is 18.7. The zero-order chi connectivity index (χ0) is 19.3. The second kappa shape index (κ2) is 8.55. The Kier molecular flexibility index (Phi) is 5.70. The van der Waals surface area contributed by atoms with Crippen LogP contribution in [0.1, 0.15) is 11.1 Å². The van der Waals surface area contributed by atoms with Gasteiger partial charge in [0.1, 0.15) is 5.75 Å². The predicted molar refractivity (Wildman–Crippen MR) is 120 cm³/mol. The van der Waals surface area contributed by atoms with Crippen LogP contribution in [0, 0.1) is 0 Å². The third kappa shape index (κ3) is 4.58. The summed E-state index contributed by atoms with van der Waals surface area (Å²) >= 11 is 6.28. The van der Waals surface area contributed by atoms with E-state index in [1.54, 1.807) is 12.1 Å². The molecule has 142 valence electrons. The highest BCUT2D eigenvalue weighted by atomic mass is 35.5. The number of allylic oxidation sites excluding steroid dienone is 1. The molecule has 1 unspecified atom stereocenters. The topological polar surface area (TPSA) is 38.5 Å². The molecule has 0 spiro atoms. The Morgan fingerprint density at radius 1 is 0.893 bits per heavy atom. The molecular weight excluding hydrogens is 388 g/mol. The van der Waals surface area contributed by atoms with E-state index >= 15 is 0 Å². The lowest BCUT2D eigenvalue weighted by atomic mass is 10.2. The van der Waals surface area contributed by atoms with E-state index in [1.165, 1.54) is 11.1 Å². The van der Waals surface area contributed by atoms with E-state index in [0.29, 0.717) is 16.5 Å². The average molecular weight is 409 g/mol. The molecule has 0 amide bonds. The summed E-state index contributed by atoms with van der Waals surface area (Å²) in [5.41, 5.74) is 8.98. The molecule has 0 saturated carbocycles. The molecular formula is C23H21ClN2OS. The van der Waals surface area contributed by atoms with Gasteiger partial charge in [-0.15, -0.1) is 0 Å². The lowest BCUT2D eigenvalue weighted by molar-refractivity contribution is 0.445. The lowest BCUT2D eigenvalue weighted by Gasteiger charge is -2.21. The maximum atomic E-state index is 6.28. The van der Waals surface area contributed by atoms with E-state index in [-0.39, 0.29) is 10.7 Å². The molecule has 3 aromatic carbocycles. The molecule has 4 rings (SSSR count). The fourth-order valence-electron chi connectivity index (χ4n) is 2.98. The Morgan fingerprint density at radius 2 is 1.57 bits per heavy atom. The number of nitrogen functional groups attached to an aromatic ring is 1. The molecule has 1 atom stereocenters. The van der Waals surface area contributed by atoms with Crippen molar-refractivity contribution in [2.75, 3.05) is 5.73 Å². The van der Waals surface area contributed by atoms with Crippen molar-refractivity contribution in [3.05, 3.63) is 107 Å². The van der Waals surface area contributed by atoms with E-state index in [4.69, 9.17) is 22.1 Å². The summed E-state index contributed by atoms with van der Waals surface area (Å²) in [6.07, 6.45) is 2.08. The summed E-state index contributed by atoms with van der Waals surface area (Å²) in [6, 6.07) is 26.3. The summed E-state index contributed by atoms with van der Waals surface area (Å²) in [4.78, 5) is 0. The van der Waals surface area contributed by atoms with Gasteiger partial charge in [-0.25, -0.2) is 0 Å². The molecule has 0 saturated heterocycles. The van der Waals surface area contributed by atoms with Crippen LogP contribution >= 0.6 is 22.3 Å². The van der Waals surface area contributed by atoms with Gasteiger partial charge in [0.2, 0.25) is 0 Å². The number of nitrogens with zero attached hydrogens (tertiary/aromatic N) is 1. The average Bonchev–Trinajstić information content (AvgIpc) is 3.06. The number of benzene rings is 3. The van der Waals surface area contributed by atoms with Gasteiger partial charge >= 0.3 is 0 Å². The van der Waals surface area contributed by atoms with Crippen LogP contribution in [0.4, 0.5) is 5.69 Å². The molecule has 0 fully saturated rings. The zero-order valence-electron chi connectivity index (χ0n) is 15.3. The van der Waals surface area contributed by atoms with Crippen molar-refractivity contribution < 1.29 is 4.74 Å². The van der Waals surface area contributed by atoms with Gasteiger partial charge in [-0.2, -0.15) is 0 Å². The van der Waals surface area contributed by atoms with Gasteiger partial charge in [-0.3, -0.25) is 0 Å². The van der Waals surface area contributed by atoms with Crippen LogP contribution in [0.25, 0.3) is 0 Å². The van der Waals surface area contributed by atoms with Gasteiger partial charge in [0, 0.05) is 16.8 Å². The molecule has 1 aliphatic heterocycles. The van der Waals surface area contributed by atoms with Crippen LogP contribution in [-0.2, 0) is 12.3 Å². The van der Waals surface area contributed by atoms with Gasteiger partial charge in [0.15, 0.2) is 5.76 Å². The third-order valence-corrected chi connectivity index (χ3v) is 6.61. The minimum absolute atomic E-state index is 0.108. The van der Waals surface area contributed by atoms with Crippen molar-refractivity contribution in [1.82, 2.24) is 4.31 Å². The lowest BCUT2D eigenvalue weighted by Crippen LogP contribution is -2.09. The highest BCUT2D eigenvalue weighted by molar-refractivity contribution is 8.12. The summed E-state index contributed by atoms with van der Waals surface area (Å²) in [6.45, 7) is 0.829. The zero-order valence-corrected chi connectivity index (χ0v) is 16.9. The van der Waals surface area contributed by atoms with E-state index in [2.05, 4.69) is 64.4 Å². The quantitative estimate of drug-likeness (QED) is 0.411. The van der Waals surface area contributed by atoms with Crippen molar-refractivity contribution in [3.8, 4) is 5.75 Å². The van der Waals surface area contributed by atoms with E-state index in [1.807, 2.05) is 18.2 Å². The number of rotatable bonds is 6. The summed E-state index contributed by atoms with van der Waals surface area (Å²) < 4.78 is 8.42. The van der Waals surface area contributed by atoms with Crippen molar-refractivity contribution in [3.63, 3.8) is 0 Å². The van der Waals surface area contributed by atoms with Gasteiger partial charge in [-0.05, 0) is 29.3 Å². The maximum absolute atomic E-state index is 6.28. The van der Waals surface area contributed by atoms with E-state index in [9.17, 15) is 0 Å². The first-order chi connectivity index (χ1) is 13.7.